The van der Waals surface area contributed by atoms with Crippen molar-refractivity contribution in [2.24, 2.45) is 0 Å². The Morgan fingerprint density at radius 2 is 1.81 bits per heavy atom. The van der Waals surface area contributed by atoms with Gasteiger partial charge in [-0.3, -0.25) is 4.90 Å². The zero-order chi connectivity index (χ0) is 11.5. The molecule has 0 radical (unpaired) electrons. The largest absolute Gasteiger partial charge is 0.399 e. The quantitative estimate of drug-likeness (QED) is 0.770. The van der Waals surface area contributed by atoms with Crippen LogP contribution in [0.4, 0.5) is 11.4 Å². The Bertz CT molecular complexity index is 341. The summed E-state index contributed by atoms with van der Waals surface area (Å²) in [5.74, 6) is 0. The summed E-state index contributed by atoms with van der Waals surface area (Å²) in [5, 5.41) is 0. The lowest BCUT2D eigenvalue weighted by atomic mass is 10.2. The molecule has 88 valence electrons. The second-order valence-corrected chi connectivity index (χ2v) is 4.71. The van der Waals surface area contributed by atoms with E-state index in [-0.39, 0.29) is 0 Å². The number of piperazine rings is 1. The molecule has 0 spiro atoms. The third-order valence-electron chi connectivity index (χ3n) is 3.28. The molecule has 1 aliphatic heterocycles. The minimum Gasteiger partial charge on any atom is -0.399 e. The van der Waals surface area contributed by atoms with E-state index in [0.29, 0.717) is 6.04 Å². The number of nitrogens with two attached hydrogens (primary N) is 1. The van der Waals surface area contributed by atoms with Crippen LogP contribution in [-0.4, -0.2) is 37.1 Å². The number of benzene rings is 1. The van der Waals surface area contributed by atoms with Crippen LogP contribution in [0.2, 0.25) is 0 Å². The van der Waals surface area contributed by atoms with Gasteiger partial charge in [0.05, 0.1) is 0 Å². The number of nitrogen functional groups attached to an aromatic ring is 1. The average molecular weight is 219 g/mol. The van der Waals surface area contributed by atoms with Crippen molar-refractivity contribution in [2.75, 3.05) is 36.8 Å². The van der Waals surface area contributed by atoms with Crippen molar-refractivity contribution in [3.05, 3.63) is 24.3 Å². The number of nitrogens with zero attached hydrogens (tertiary/aromatic N) is 2. The molecule has 1 aromatic rings. The first kappa shape index (κ1) is 11.3. The normalized spacial score (nSPS) is 18.1. The van der Waals surface area contributed by atoms with Crippen molar-refractivity contribution in [3.63, 3.8) is 0 Å². The van der Waals surface area contributed by atoms with Gasteiger partial charge in [-0.15, -0.1) is 0 Å². The summed E-state index contributed by atoms with van der Waals surface area (Å²) < 4.78 is 0. The van der Waals surface area contributed by atoms with Crippen LogP contribution in [-0.2, 0) is 0 Å². The Balaban J connectivity index is 1.99. The summed E-state index contributed by atoms with van der Waals surface area (Å²) in [6.45, 7) is 9.01. The van der Waals surface area contributed by atoms with Gasteiger partial charge in [0, 0.05) is 43.6 Å². The Labute approximate surface area is 97.8 Å². The third-order valence-corrected chi connectivity index (χ3v) is 3.28. The van der Waals surface area contributed by atoms with Crippen molar-refractivity contribution >= 4 is 11.4 Å². The molecule has 1 saturated heterocycles. The Morgan fingerprint density at radius 3 is 2.38 bits per heavy atom. The van der Waals surface area contributed by atoms with Gasteiger partial charge in [-0.2, -0.15) is 0 Å². The Hall–Kier alpha value is -1.22. The van der Waals surface area contributed by atoms with Crippen molar-refractivity contribution in [1.29, 1.82) is 0 Å². The molecule has 0 aromatic heterocycles. The molecule has 1 heterocycles. The molecule has 16 heavy (non-hydrogen) atoms. The van der Waals surface area contributed by atoms with E-state index in [0.717, 1.165) is 31.9 Å². The molecule has 3 heteroatoms. The predicted molar refractivity (Wildman–Crippen MR) is 69.8 cm³/mol. The van der Waals surface area contributed by atoms with Crippen LogP contribution >= 0.6 is 0 Å². The topological polar surface area (TPSA) is 32.5 Å². The smallest absolute Gasteiger partial charge is 0.0387 e. The van der Waals surface area contributed by atoms with E-state index in [1.807, 2.05) is 12.1 Å². The van der Waals surface area contributed by atoms with Crippen LogP contribution < -0.4 is 10.6 Å². The van der Waals surface area contributed by atoms with E-state index in [1.54, 1.807) is 0 Å². The van der Waals surface area contributed by atoms with Gasteiger partial charge in [-0.25, -0.2) is 0 Å². The number of hydrogen-bond donors (Lipinski definition) is 1. The highest BCUT2D eigenvalue weighted by molar-refractivity contribution is 5.56. The standard InChI is InChI=1S/C13H21N3/c1-11(2)15-6-8-16(9-7-15)13-5-3-4-12(14)10-13/h3-5,10-11H,6-9,14H2,1-2H3. The lowest BCUT2D eigenvalue weighted by Crippen LogP contribution is -2.48. The lowest BCUT2D eigenvalue weighted by Gasteiger charge is -2.38. The molecule has 3 nitrogen and oxygen atoms in total. The highest BCUT2D eigenvalue weighted by Gasteiger charge is 2.18. The molecule has 0 unspecified atom stereocenters. The fourth-order valence-corrected chi connectivity index (χ4v) is 2.22. The summed E-state index contributed by atoms with van der Waals surface area (Å²) in [6.07, 6.45) is 0. The molecule has 1 aromatic carbocycles. The molecule has 2 N–H and O–H groups in total. The summed E-state index contributed by atoms with van der Waals surface area (Å²) in [4.78, 5) is 4.93. The van der Waals surface area contributed by atoms with Gasteiger partial charge in [0.1, 0.15) is 0 Å². The molecule has 0 aliphatic carbocycles. The zero-order valence-electron chi connectivity index (χ0n) is 10.2. The van der Waals surface area contributed by atoms with E-state index in [1.165, 1.54) is 5.69 Å². The molecule has 0 saturated carbocycles. The molecule has 0 amide bonds. The highest BCUT2D eigenvalue weighted by Crippen LogP contribution is 2.19. The highest BCUT2D eigenvalue weighted by atomic mass is 15.3. The summed E-state index contributed by atoms with van der Waals surface area (Å²) in [7, 11) is 0. The average Bonchev–Trinajstić information content (AvgIpc) is 2.29. The monoisotopic (exact) mass is 219 g/mol. The minimum atomic E-state index is 0.656. The van der Waals surface area contributed by atoms with Crippen LogP contribution in [0.5, 0.6) is 0 Å². The number of rotatable bonds is 2. The van der Waals surface area contributed by atoms with Crippen molar-refractivity contribution < 1.29 is 0 Å². The molecule has 1 fully saturated rings. The molecule has 1 aliphatic rings. The molecular formula is C13H21N3. The maximum Gasteiger partial charge on any atom is 0.0387 e. The summed E-state index contributed by atoms with van der Waals surface area (Å²) >= 11 is 0. The third kappa shape index (κ3) is 2.47. The summed E-state index contributed by atoms with van der Waals surface area (Å²) in [6, 6.07) is 8.82. The molecule has 0 atom stereocenters. The zero-order valence-corrected chi connectivity index (χ0v) is 10.2. The number of anilines is 2. The van der Waals surface area contributed by atoms with Crippen LogP contribution in [0.15, 0.2) is 24.3 Å². The fourth-order valence-electron chi connectivity index (χ4n) is 2.22. The first-order chi connectivity index (χ1) is 7.66. The molecular weight excluding hydrogens is 198 g/mol. The maximum absolute atomic E-state index is 5.80. The van der Waals surface area contributed by atoms with Crippen molar-refractivity contribution in [3.8, 4) is 0 Å². The van der Waals surface area contributed by atoms with E-state index in [9.17, 15) is 0 Å². The number of hydrogen-bond acceptors (Lipinski definition) is 3. The van der Waals surface area contributed by atoms with Gasteiger partial charge in [-0.05, 0) is 32.0 Å². The second-order valence-electron chi connectivity index (χ2n) is 4.71. The van der Waals surface area contributed by atoms with Gasteiger partial charge >= 0.3 is 0 Å². The Morgan fingerprint density at radius 1 is 1.12 bits per heavy atom. The fraction of sp³-hybridized carbons (Fsp3) is 0.538. The molecule has 0 bridgehead atoms. The van der Waals surface area contributed by atoms with Crippen LogP contribution in [0.25, 0.3) is 0 Å². The van der Waals surface area contributed by atoms with Crippen LogP contribution in [0.1, 0.15) is 13.8 Å². The minimum absolute atomic E-state index is 0.656. The van der Waals surface area contributed by atoms with Crippen LogP contribution in [0.3, 0.4) is 0 Å². The van der Waals surface area contributed by atoms with E-state index >= 15 is 0 Å². The van der Waals surface area contributed by atoms with Gasteiger partial charge in [0.15, 0.2) is 0 Å². The lowest BCUT2D eigenvalue weighted by molar-refractivity contribution is 0.209. The Kier molecular flexibility index (Phi) is 3.34. The van der Waals surface area contributed by atoms with Crippen molar-refractivity contribution in [1.82, 2.24) is 4.90 Å². The predicted octanol–water partition coefficient (Wildman–Crippen LogP) is 1.80. The molecule has 2 rings (SSSR count). The van der Waals surface area contributed by atoms with Crippen molar-refractivity contribution in [2.45, 2.75) is 19.9 Å². The first-order valence-corrected chi connectivity index (χ1v) is 6.01. The van der Waals surface area contributed by atoms with Gasteiger partial charge in [0.25, 0.3) is 0 Å². The SMILES string of the molecule is CC(C)N1CCN(c2cccc(N)c2)CC1. The van der Waals surface area contributed by atoms with E-state index in [2.05, 4.69) is 35.8 Å². The van der Waals surface area contributed by atoms with Gasteiger partial charge in [0.2, 0.25) is 0 Å². The van der Waals surface area contributed by atoms with E-state index < -0.39 is 0 Å². The summed E-state index contributed by atoms with van der Waals surface area (Å²) in [5.41, 5.74) is 7.91. The van der Waals surface area contributed by atoms with Gasteiger partial charge < -0.3 is 10.6 Å². The maximum atomic E-state index is 5.80. The second kappa shape index (κ2) is 4.74. The van der Waals surface area contributed by atoms with Gasteiger partial charge in [-0.1, -0.05) is 6.07 Å². The first-order valence-electron chi connectivity index (χ1n) is 6.01. The van der Waals surface area contributed by atoms with Crippen LogP contribution in [0, 0.1) is 0 Å². The van der Waals surface area contributed by atoms with E-state index in [4.69, 9.17) is 5.73 Å².